The van der Waals surface area contributed by atoms with E-state index in [1.165, 1.54) is 0 Å². The Bertz CT molecular complexity index is 654. The number of aromatic nitrogens is 3. The molecule has 6 nitrogen and oxygen atoms in total. The van der Waals surface area contributed by atoms with Crippen LogP contribution in [-0.4, -0.2) is 33.7 Å². The van der Waals surface area contributed by atoms with Gasteiger partial charge in [-0.05, 0) is 33.3 Å². The standard InChI is InChI=1S/C16H22N4O2/c1-10-8-14(12(3)20(10)13-4-7-22-9-13)16(21)19-11(2)15-17-5-6-18-15/h5-6,8,11,13H,4,7,9H2,1-3H3,(H,17,18)(H,19,21)/t11-,13?/m1/s1. The van der Waals surface area contributed by atoms with Gasteiger partial charge in [0.1, 0.15) is 5.82 Å². The Hall–Kier alpha value is -2.08. The molecule has 2 N–H and O–H groups in total. The minimum absolute atomic E-state index is 0.0674. The average molecular weight is 302 g/mol. The number of amides is 1. The Kier molecular flexibility index (Phi) is 4.02. The van der Waals surface area contributed by atoms with Gasteiger partial charge in [-0.3, -0.25) is 4.79 Å². The molecule has 22 heavy (non-hydrogen) atoms. The highest BCUT2D eigenvalue weighted by molar-refractivity contribution is 5.95. The molecular weight excluding hydrogens is 280 g/mol. The Morgan fingerprint density at radius 3 is 3.00 bits per heavy atom. The highest BCUT2D eigenvalue weighted by atomic mass is 16.5. The van der Waals surface area contributed by atoms with E-state index >= 15 is 0 Å². The highest BCUT2D eigenvalue weighted by Gasteiger charge is 2.24. The maximum atomic E-state index is 12.6. The molecule has 0 aliphatic carbocycles. The number of nitrogens with zero attached hydrogens (tertiary/aromatic N) is 2. The monoisotopic (exact) mass is 302 g/mol. The molecule has 1 unspecified atom stereocenters. The number of ether oxygens (including phenoxy) is 1. The van der Waals surface area contributed by atoms with Crippen LogP contribution in [0.25, 0.3) is 0 Å². The third-order valence-corrected chi connectivity index (χ3v) is 4.28. The zero-order valence-corrected chi connectivity index (χ0v) is 13.2. The van der Waals surface area contributed by atoms with E-state index in [-0.39, 0.29) is 11.9 Å². The zero-order chi connectivity index (χ0) is 15.7. The van der Waals surface area contributed by atoms with E-state index in [1.807, 2.05) is 26.8 Å². The van der Waals surface area contributed by atoms with Crippen LogP contribution in [0.2, 0.25) is 0 Å². The van der Waals surface area contributed by atoms with Gasteiger partial charge in [-0.2, -0.15) is 0 Å². The summed E-state index contributed by atoms with van der Waals surface area (Å²) in [6.45, 7) is 7.47. The van der Waals surface area contributed by atoms with E-state index in [2.05, 4.69) is 19.9 Å². The summed E-state index contributed by atoms with van der Waals surface area (Å²) in [4.78, 5) is 19.8. The Morgan fingerprint density at radius 2 is 2.36 bits per heavy atom. The molecule has 0 bridgehead atoms. The second-order valence-corrected chi connectivity index (χ2v) is 5.84. The molecule has 3 rings (SSSR count). The molecule has 1 amide bonds. The number of hydrogen-bond acceptors (Lipinski definition) is 3. The highest BCUT2D eigenvalue weighted by Crippen LogP contribution is 2.26. The van der Waals surface area contributed by atoms with Crippen LogP contribution in [0.4, 0.5) is 0 Å². The van der Waals surface area contributed by atoms with Gasteiger partial charge in [0.25, 0.3) is 5.91 Å². The molecular formula is C16H22N4O2. The molecule has 6 heteroatoms. The molecule has 1 aliphatic rings. The van der Waals surface area contributed by atoms with Crippen LogP contribution in [0.3, 0.4) is 0 Å². The van der Waals surface area contributed by atoms with Crippen LogP contribution in [0, 0.1) is 13.8 Å². The summed E-state index contributed by atoms with van der Waals surface area (Å²) >= 11 is 0. The molecule has 1 saturated heterocycles. The molecule has 2 atom stereocenters. The first-order valence-corrected chi connectivity index (χ1v) is 7.64. The summed E-state index contributed by atoms with van der Waals surface area (Å²) in [7, 11) is 0. The number of carbonyl (C=O) groups is 1. The molecule has 118 valence electrons. The van der Waals surface area contributed by atoms with Crippen molar-refractivity contribution in [3.8, 4) is 0 Å². The van der Waals surface area contributed by atoms with Gasteiger partial charge < -0.3 is 19.6 Å². The lowest BCUT2D eigenvalue weighted by atomic mass is 10.2. The van der Waals surface area contributed by atoms with E-state index in [1.54, 1.807) is 12.4 Å². The molecule has 2 aromatic rings. The predicted octanol–water partition coefficient (Wildman–Crippen LogP) is 2.28. The smallest absolute Gasteiger partial charge is 0.253 e. The predicted molar refractivity (Wildman–Crippen MR) is 82.8 cm³/mol. The van der Waals surface area contributed by atoms with Crippen molar-refractivity contribution in [1.82, 2.24) is 19.9 Å². The number of imidazole rings is 1. The first-order chi connectivity index (χ1) is 10.6. The van der Waals surface area contributed by atoms with Crippen LogP contribution in [0.5, 0.6) is 0 Å². The Labute approximate surface area is 129 Å². The summed E-state index contributed by atoms with van der Waals surface area (Å²) in [6, 6.07) is 2.14. The first kappa shape index (κ1) is 14.8. The van der Waals surface area contributed by atoms with Gasteiger partial charge in [0, 0.05) is 30.4 Å². The van der Waals surface area contributed by atoms with E-state index in [0.29, 0.717) is 6.04 Å². The van der Waals surface area contributed by atoms with Crippen LogP contribution in [0.1, 0.15) is 53.0 Å². The Balaban J connectivity index is 1.79. The molecule has 0 radical (unpaired) electrons. The molecule has 0 aromatic carbocycles. The topological polar surface area (TPSA) is 71.9 Å². The van der Waals surface area contributed by atoms with E-state index in [4.69, 9.17) is 4.74 Å². The summed E-state index contributed by atoms with van der Waals surface area (Å²) in [6.07, 6.45) is 4.44. The first-order valence-electron chi connectivity index (χ1n) is 7.64. The number of aromatic amines is 1. The van der Waals surface area contributed by atoms with Crippen LogP contribution in [0.15, 0.2) is 18.5 Å². The van der Waals surface area contributed by atoms with Crippen molar-refractivity contribution in [3.05, 3.63) is 41.2 Å². The number of hydrogen-bond donors (Lipinski definition) is 2. The quantitative estimate of drug-likeness (QED) is 0.910. The van der Waals surface area contributed by atoms with Crippen molar-refractivity contribution in [2.45, 2.75) is 39.3 Å². The van der Waals surface area contributed by atoms with Gasteiger partial charge in [0.2, 0.25) is 0 Å². The molecule has 1 fully saturated rings. The molecule has 3 heterocycles. The van der Waals surface area contributed by atoms with Gasteiger partial charge in [0.05, 0.1) is 24.3 Å². The van der Waals surface area contributed by atoms with Crippen molar-refractivity contribution in [3.63, 3.8) is 0 Å². The van der Waals surface area contributed by atoms with Crippen molar-refractivity contribution in [2.75, 3.05) is 13.2 Å². The maximum absolute atomic E-state index is 12.6. The van der Waals surface area contributed by atoms with Gasteiger partial charge in [-0.25, -0.2) is 4.98 Å². The fraction of sp³-hybridized carbons (Fsp3) is 0.500. The van der Waals surface area contributed by atoms with Gasteiger partial charge in [0.15, 0.2) is 0 Å². The lowest BCUT2D eigenvalue weighted by molar-refractivity contribution is 0.0937. The van der Waals surface area contributed by atoms with Crippen molar-refractivity contribution in [2.24, 2.45) is 0 Å². The normalized spacial score (nSPS) is 19.3. The van der Waals surface area contributed by atoms with Crippen molar-refractivity contribution < 1.29 is 9.53 Å². The summed E-state index contributed by atoms with van der Waals surface area (Å²) < 4.78 is 7.69. The second kappa shape index (κ2) is 5.96. The Morgan fingerprint density at radius 1 is 1.55 bits per heavy atom. The number of carbonyl (C=O) groups excluding carboxylic acids is 1. The SMILES string of the molecule is Cc1cc(C(=O)N[C@H](C)c2ncc[nH]2)c(C)n1C1CCOC1. The lowest BCUT2D eigenvalue weighted by Gasteiger charge is -2.16. The minimum atomic E-state index is -0.152. The minimum Gasteiger partial charge on any atom is -0.379 e. The lowest BCUT2D eigenvalue weighted by Crippen LogP contribution is -2.27. The van der Waals surface area contributed by atoms with E-state index < -0.39 is 0 Å². The molecule has 0 spiro atoms. The van der Waals surface area contributed by atoms with Crippen molar-refractivity contribution >= 4 is 5.91 Å². The molecule has 2 aromatic heterocycles. The van der Waals surface area contributed by atoms with Gasteiger partial charge in [-0.15, -0.1) is 0 Å². The number of H-pyrrole nitrogens is 1. The second-order valence-electron chi connectivity index (χ2n) is 5.84. The number of rotatable bonds is 4. The fourth-order valence-corrected chi connectivity index (χ4v) is 3.15. The average Bonchev–Trinajstić information content (AvgIpc) is 3.19. The summed E-state index contributed by atoms with van der Waals surface area (Å²) in [5, 5.41) is 2.99. The largest absolute Gasteiger partial charge is 0.379 e. The van der Waals surface area contributed by atoms with E-state index in [9.17, 15) is 4.79 Å². The summed E-state index contributed by atoms with van der Waals surface area (Å²) in [5.41, 5.74) is 2.82. The van der Waals surface area contributed by atoms with Crippen LogP contribution < -0.4 is 5.32 Å². The van der Waals surface area contributed by atoms with E-state index in [0.717, 1.165) is 42.4 Å². The maximum Gasteiger partial charge on any atom is 0.253 e. The number of nitrogens with one attached hydrogen (secondary N) is 2. The van der Waals surface area contributed by atoms with Gasteiger partial charge in [-0.1, -0.05) is 0 Å². The van der Waals surface area contributed by atoms with Gasteiger partial charge >= 0.3 is 0 Å². The third kappa shape index (κ3) is 2.66. The molecule has 0 saturated carbocycles. The third-order valence-electron chi connectivity index (χ3n) is 4.28. The van der Waals surface area contributed by atoms with Crippen LogP contribution in [-0.2, 0) is 4.74 Å². The number of aryl methyl sites for hydroxylation is 1. The summed E-state index contributed by atoms with van der Waals surface area (Å²) in [5.74, 6) is 0.688. The molecule has 1 aliphatic heterocycles. The zero-order valence-electron chi connectivity index (χ0n) is 13.2. The van der Waals surface area contributed by atoms with Crippen LogP contribution >= 0.6 is 0 Å². The fourth-order valence-electron chi connectivity index (χ4n) is 3.15. The van der Waals surface area contributed by atoms with Crippen molar-refractivity contribution in [1.29, 1.82) is 0 Å².